The maximum atomic E-state index is 14.2. The minimum Gasteiger partial charge on any atom is -0.665 e. The van der Waals surface area contributed by atoms with Gasteiger partial charge in [-0.15, -0.1) is 0 Å². The van der Waals surface area contributed by atoms with Crippen LogP contribution in [-0.2, 0) is 22.4 Å². The molecule has 0 radical (unpaired) electrons. The van der Waals surface area contributed by atoms with Gasteiger partial charge in [0.15, 0.2) is 0 Å². The monoisotopic (exact) mass is 739 g/mol. The summed E-state index contributed by atoms with van der Waals surface area (Å²) < 4.78 is 5.64. The van der Waals surface area contributed by atoms with Crippen molar-refractivity contribution < 1.29 is 70.5 Å². The molecule has 3 aromatic rings. The summed E-state index contributed by atoms with van der Waals surface area (Å²) in [5.74, 6) is 0.340. The van der Waals surface area contributed by atoms with Crippen molar-refractivity contribution in [3.05, 3.63) is 89.2 Å². The number of ether oxygens (including phenoxy) is 1. The van der Waals surface area contributed by atoms with Crippen LogP contribution in [-0.4, -0.2) is 96.2 Å². The fraction of sp³-hybridized carbons (Fsp3) is 0.548. The van der Waals surface area contributed by atoms with Gasteiger partial charge in [0, 0.05) is 32.6 Å². The Kier molecular flexibility index (Phi) is 19.9. The first-order chi connectivity index (χ1) is 24.4. The molecule has 2 aliphatic heterocycles. The minimum absolute atomic E-state index is 0. The summed E-state index contributed by atoms with van der Waals surface area (Å²) in [7, 11) is 1.81. The number of carbonyl (C=O) groups is 3. The van der Waals surface area contributed by atoms with Crippen LogP contribution in [0.15, 0.2) is 72.8 Å². The Morgan fingerprint density at radius 1 is 0.865 bits per heavy atom. The second kappa shape index (κ2) is 22.7. The summed E-state index contributed by atoms with van der Waals surface area (Å²) in [6.45, 7) is 18.5. The Hall–Kier alpha value is -2.47. The van der Waals surface area contributed by atoms with Crippen molar-refractivity contribution in [3.63, 3.8) is 0 Å². The third-order valence-electron chi connectivity index (χ3n) is 9.17. The molecule has 52 heavy (non-hydrogen) atoms. The average Bonchev–Trinajstić information content (AvgIpc) is 3.11. The number of amides is 4. The Balaban J connectivity index is 0.00000125. The molecule has 2 saturated heterocycles. The molecule has 280 valence electrons. The van der Waals surface area contributed by atoms with Gasteiger partial charge in [-0.1, -0.05) is 93.6 Å². The molecule has 2 heterocycles. The Labute approximate surface area is 356 Å². The van der Waals surface area contributed by atoms with Crippen LogP contribution in [0.3, 0.4) is 0 Å². The zero-order chi connectivity index (χ0) is 37.6. The molecule has 10 heteroatoms. The van der Waals surface area contributed by atoms with Crippen molar-refractivity contribution in [2.75, 3.05) is 39.8 Å². The fourth-order valence-corrected chi connectivity index (χ4v) is 6.80. The number of hydrogen-bond acceptors (Lipinski definition) is 4. The second-order valence-electron chi connectivity index (χ2n) is 14.5. The van der Waals surface area contributed by atoms with E-state index in [4.69, 9.17) is 4.74 Å². The van der Waals surface area contributed by atoms with Gasteiger partial charge >= 0.3 is 63.5 Å². The molecule has 2 fully saturated rings. The van der Waals surface area contributed by atoms with Crippen LogP contribution >= 0.6 is 0 Å². The van der Waals surface area contributed by atoms with Gasteiger partial charge in [0.25, 0.3) is 0 Å². The Morgan fingerprint density at radius 2 is 1.46 bits per heavy atom. The normalized spacial score (nSPS) is 19.2. The van der Waals surface area contributed by atoms with Gasteiger partial charge in [0.05, 0.1) is 12.1 Å². The van der Waals surface area contributed by atoms with Crippen molar-refractivity contribution in [2.24, 2.45) is 5.92 Å². The summed E-state index contributed by atoms with van der Waals surface area (Å²) in [6.07, 6.45) is 2.99. The van der Waals surface area contributed by atoms with Crippen LogP contribution in [0.2, 0.25) is 0 Å². The number of hydrogen-bond donors (Lipinski definition) is 1. The van der Waals surface area contributed by atoms with Crippen LogP contribution < -0.4 is 56.7 Å². The van der Waals surface area contributed by atoms with E-state index >= 15 is 0 Å². The van der Waals surface area contributed by atoms with E-state index in [2.05, 4.69) is 59.2 Å². The van der Waals surface area contributed by atoms with E-state index in [1.807, 2.05) is 84.6 Å². The molecule has 0 aromatic heterocycles. The number of likely N-dealkylation sites (tertiary alicyclic amines) is 1. The SMILES string of the molecule is CC.CC1CN(C(=O)NC(Cc2ccc3ccccc3c2)C(=O)N2CCCC(Cc3ccccc3)C2)CC(C)N1C(=O)OC(C)(C)C.CC[N-]C.[K+]. The van der Waals surface area contributed by atoms with Crippen molar-refractivity contribution in [1.82, 2.24) is 20.0 Å². The van der Waals surface area contributed by atoms with E-state index in [0.717, 1.165) is 42.1 Å². The number of benzene rings is 3. The molecule has 4 unspecified atom stereocenters. The zero-order valence-electron chi connectivity index (χ0n) is 33.5. The van der Waals surface area contributed by atoms with Gasteiger partial charge in [0.2, 0.25) is 5.91 Å². The molecule has 4 amide bonds. The van der Waals surface area contributed by atoms with Gasteiger partial charge in [-0.25, -0.2) is 9.59 Å². The van der Waals surface area contributed by atoms with E-state index in [1.165, 1.54) is 5.56 Å². The Bertz CT molecular complexity index is 1520. The van der Waals surface area contributed by atoms with Gasteiger partial charge in [-0.2, -0.15) is 13.6 Å². The molecule has 5 rings (SSSR count). The smallest absolute Gasteiger partial charge is 0.665 e. The van der Waals surface area contributed by atoms with Gasteiger partial charge < -0.3 is 25.2 Å². The molecule has 1 N–H and O–H groups in total. The van der Waals surface area contributed by atoms with Gasteiger partial charge in [-0.3, -0.25) is 9.69 Å². The zero-order valence-corrected chi connectivity index (χ0v) is 36.6. The number of urea groups is 1. The van der Waals surface area contributed by atoms with E-state index < -0.39 is 11.6 Å². The van der Waals surface area contributed by atoms with Gasteiger partial charge in [0.1, 0.15) is 11.6 Å². The predicted molar refractivity (Wildman–Crippen MR) is 209 cm³/mol. The number of carbonyl (C=O) groups excluding carboxylic acids is 3. The van der Waals surface area contributed by atoms with Crippen LogP contribution in [0.4, 0.5) is 9.59 Å². The molecule has 9 nitrogen and oxygen atoms in total. The quantitative estimate of drug-likeness (QED) is 0.333. The summed E-state index contributed by atoms with van der Waals surface area (Å²) in [6, 6.07) is 23.4. The van der Waals surface area contributed by atoms with E-state index in [1.54, 1.807) is 16.8 Å². The molecule has 4 atom stereocenters. The van der Waals surface area contributed by atoms with E-state index in [-0.39, 0.29) is 81.5 Å². The predicted octanol–water partition coefficient (Wildman–Crippen LogP) is 5.31. The summed E-state index contributed by atoms with van der Waals surface area (Å²) in [5, 5.41) is 9.11. The first-order valence-corrected chi connectivity index (χ1v) is 18.8. The maximum absolute atomic E-state index is 14.2. The number of piperazine rings is 1. The summed E-state index contributed by atoms with van der Waals surface area (Å²) in [5.41, 5.74) is 1.68. The van der Waals surface area contributed by atoms with Crippen LogP contribution in [0.25, 0.3) is 16.1 Å². The maximum Gasteiger partial charge on any atom is 1.00 e. The number of piperidine rings is 1. The van der Waals surface area contributed by atoms with Crippen LogP contribution in [0.1, 0.15) is 79.4 Å². The first kappa shape index (κ1) is 45.7. The second-order valence-corrected chi connectivity index (χ2v) is 14.5. The molecule has 3 aromatic carbocycles. The molecule has 0 spiro atoms. The standard InChI is InChI=1S/C37H48N4O4.C3H8N.C2H6.K/c1-26-23-40(24-27(2)41(26)36(44)45-37(3,4)5)35(43)38-33(22-29-17-18-31-15-9-10-16-32(31)21-29)34(42)39-19-11-14-30(25-39)20-28-12-7-6-8-13-28;1-3-4-2;1-2;/h6-10,12-13,15-18,21,26-27,30,33H,11,14,19-20,22-25H2,1-5H3,(H,38,43);3H2,1-2H3;1-2H3;/q;-1;;+1. The Morgan fingerprint density at radius 3 is 2.06 bits per heavy atom. The third-order valence-corrected chi connectivity index (χ3v) is 9.17. The molecular formula is C42H62KN5O4. The number of nitrogens with zero attached hydrogens (tertiary/aromatic N) is 4. The minimum atomic E-state index is -0.705. The molecule has 0 saturated carbocycles. The summed E-state index contributed by atoms with van der Waals surface area (Å²) in [4.78, 5) is 46.3. The van der Waals surface area contributed by atoms with Gasteiger partial charge in [-0.05, 0) is 81.7 Å². The van der Waals surface area contributed by atoms with Crippen LogP contribution in [0.5, 0.6) is 0 Å². The van der Waals surface area contributed by atoms with Crippen molar-refractivity contribution in [3.8, 4) is 0 Å². The third kappa shape index (κ3) is 14.1. The average molecular weight is 740 g/mol. The van der Waals surface area contributed by atoms with E-state index in [0.29, 0.717) is 38.5 Å². The number of rotatable bonds is 7. The molecule has 0 aliphatic carbocycles. The first-order valence-electron chi connectivity index (χ1n) is 18.8. The topological polar surface area (TPSA) is 96.3 Å². The van der Waals surface area contributed by atoms with Crippen molar-refractivity contribution >= 4 is 28.8 Å². The van der Waals surface area contributed by atoms with Crippen molar-refractivity contribution in [1.29, 1.82) is 0 Å². The number of fused-ring (bicyclic) bond motifs is 1. The largest absolute Gasteiger partial charge is 1.00 e. The van der Waals surface area contributed by atoms with Crippen molar-refractivity contribution in [2.45, 2.75) is 105 Å². The fourth-order valence-electron chi connectivity index (χ4n) is 6.80. The molecule has 0 bridgehead atoms. The molecule has 2 aliphatic rings. The van der Waals surface area contributed by atoms with E-state index in [9.17, 15) is 14.4 Å². The summed E-state index contributed by atoms with van der Waals surface area (Å²) >= 11 is 0. The molecular weight excluding hydrogens is 678 g/mol. The van der Waals surface area contributed by atoms with Crippen LogP contribution in [0, 0.1) is 5.92 Å². The number of nitrogens with one attached hydrogen (secondary N) is 1.